The van der Waals surface area contributed by atoms with Gasteiger partial charge in [-0.05, 0) is 6.42 Å². The number of ether oxygens (including phenoxy) is 1. The summed E-state index contributed by atoms with van der Waals surface area (Å²) in [5.74, 6) is -0.484. The SMILES string of the molecule is COC(=O)c1nc(C2CCS(=O)(=O)C2)sc1N. The summed E-state index contributed by atoms with van der Waals surface area (Å²) < 4.78 is 27.2. The summed E-state index contributed by atoms with van der Waals surface area (Å²) in [6, 6.07) is 0. The highest BCUT2D eigenvalue weighted by atomic mass is 32.2. The molecule has 1 aliphatic heterocycles. The van der Waals surface area contributed by atoms with Gasteiger partial charge in [0.2, 0.25) is 0 Å². The molecule has 17 heavy (non-hydrogen) atoms. The summed E-state index contributed by atoms with van der Waals surface area (Å²) in [6.45, 7) is 0. The molecule has 2 heterocycles. The Balaban J connectivity index is 2.27. The molecular formula is C9H12N2O4S2. The fourth-order valence-electron chi connectivity index (χ4n) is 1.76. The molecule has 2 N–H and O–H groups in total. The van der Waals surface area contributed by atoms with Crippen LogP contribution in [0.3, 0.4) is 0 Å². The predicted molar refractivity (Wildman–Crippen MR) is 63.9 cm³/mol. The second-order valence-corrected chi connectivity index (χ2v) is 7.15. The van der Waals surface area contributed by atoms with Gasteiger partial charge in [0.15, 0.2) is 15.5 Å². The Kier molecular flexibility index (Phi) is 3.09. The number of aromatic nitrogens is 1. The van der Waals surface area contributed by atoms with Crippen LogP contribution in [0.5, 0.6) is 0 Å². The van der Waals surface area contributed by atoms with E-state index in [0.29, 0.717) is 11.4 Å². The van der Waals surface area contributed by atoms with Gasteiger partial charge in [-0.2, -0.15) is 0 Å². The zero-order valence-corrected chi connectivity index (χ0v) is 10.8. The molecule has 0 amide bonds. The van der Waals surface area contributed by atoms with E-state index in [2.05, 4.69) is 9.72 Å². The Labute approximate surface area is 103 Å². The van der Waals surface area contributed by atoms with Crippen molar-refractivity contribution in [1.29, 1.82) is 0 Å². The third kappa shape index (κ3) is 2.42. The lowest BCUT2D eigenvalue weighted by atomic mass is 10.1. The van der Waals surface area contributed by atoms with Gasteiger partial charge in [-0.15, -0.1) is 11.3 Å². The van der Waals surface area contributed by atoms with Gasteiger partial charge in [-0.25, -0.2) is 18.2 Å². The second-order valence-electron chi connectivity index (χ2n) is 3.86. The summed E-state index contributed by atoms with van der Waals surface area (Å²) in [5, 5.41) is 0.875. The molecule has 0 aromatic carbocycles. The van der Waals surface area contributed by atoms with Crippen molar-refractivity contribution in [3.05, 3.63) is 10.7 Å². The highest BCUT2D eigenvalue weighted by Gasteiger charge is 2.32. The quantitative estimate of drug-likeness (QED) is 0.786. The minimum Gasteiger partial charge on any atom is -0.464 e. The first-order chi connectivity index (χ1) is 7.93. The van der Waals surface area contributed by atoms with Crippen molar-refractivity contribution in [2.75, 3.05) is 24.3 Å². The number of esters is 1. The number of nitrogens with zero attached hydrogens (tertiary/aromatic N) is 1. The Morgan fingerprint density at radius 3 is 2.82 bits per heavy atom. The zero-order chi connectivity index (χ0) is 12.6. The van der Waals surface area contributed by atoms with Crippen molar-refractivity contribution in [3.63, 3.8) is 0 Å². The molecule has 1 atom stereocenters. The van der Waals surface area contributed by atoms with Crippen LogP contribution in [0.4, 0.5) is 5.00 Å². The number of nitrogen functional groups attached to an aromatic ring is 1. The molecule has 6 nitrogen and oxygen atoms in total. The fraction of sp³-hybridized carbons (Fsp3) is 0.556. The number of anilines is 1. The molecule has 0 bridgehead atoms. The lowest BCUT2D eigenvalue weighted by Crippen LogP contribution is -2.06. The number of carbonyl (C=O) groups is 1. The van der Waals surface area contributed by atoms with Crippen molar-refractivity contribution >= 4 is 32.1 Å². The molecule has 1 aromatic heterocycles. The maximum absolute atomic E-state index is 11.4. The van der Waals surface area contributed by atoms with Crippen LogP contribution in [0.15, 0.2) is 0 Å². The van der Waals surface area contributed by atoms with E-state index < -0.39 is 15.8 Å². The zero-order valence-electron chi connectivity index (χ0n) is 9.17. The molecule has 0 radical (unpaired) electrons. The van der Waals surface area contributed by atoms with Crippen molar-refractivity contribution in [1.82, 2.24) is 4.98 Å². The largest absolute Gasteiger partial charge is 0.464 e. The molecule has 2 rings (SSSR count). The summed E-state index contributed by atoms with van der Waals surface area (Å²) in [4.78, 5) is 15.4. The highest BCUT2D eigenvalue weighted by molar-refractivity contribution is 7.91. The van der Waals surface area contributed by atoms with E-state index in [9.17, 15) is 13.2 Å². The maximum Gasteiger partial charge on any atom is 0.359 e. The molecule has 1 saturated heterocycles. The molecule has 0 aliphatic carbocycles. The minimum atomic E-state index is -2.96. The van der Waals surface area contributed by atoms with Crippen LogP contribution in [0, 0.1) is 0 Å². The molecule has 0 spiro atoms. The van der Waals surface area contributed by atoms with Gasteiger partial charge in [0.25, 0.3) is 0 Å². The minimum absolute atomic E-state index is 0.0804. The van der Waals surface area contributed by atoms with E-state index in [-0.39, 0.29) is 28.1 Å². The number of hydrogen-bond acceptors (Lipinski definition) is 7. The Hall–Kier alpha value is -1.15. The average Bonchev–Trinajstić information content (AvgIpc) is 2.80. The standard InChI is InChI=1S/C9H12N2O4S2/c1-15-9(12)6-7(10)16-8(11-6)5-2-3-17(13,14)4-5/h5H,2-4,10H2,1H3. The number of nitrogens with two attached hydrogens (primary N) is 1. The van der Waals surface area contributed by atoms with Gasteiger partial charge < -0.3 is 10.5 Å². The first kappa shape index (κ1) is 12.3. The van der Waals surface area contributed by atoms with Crippen LogP contribution in [0.1, 0.15) is 27.8 Å². The maximum atomic E-state index is 11.4. The van der Waals surface area contributed by atoms with E-state index in [4.69, 9.17) is 5.73 Å². The van der Waals surface area contributed by atoms with Crippen molar-refractivity contribution < 1.29 is 17.9 Å². The number of rotatable bonds is 2. The van der Waals surface area contributed by atoms with Crippen LogP contribution in [0.2, 0.25) is 0 Å². The Bertz CT molecular complexity index is 549. The number of thiazole rings is 1. The molecule has 1 aromatic rings. The lowest BCUT2D eigenvalue weighted by Gasteiger charge is -2.00. The first-order valence-electron chi connectivity index (χ1n) is 4.98. The van der Waals surface area contributed by atoms with E-state index >= 15 is 0 Å². The third-order valence-corrected chi connectivity index (χ3v) is 5.45. The molecule has 1 aliphatic rings. The molecule has 1 fully saturated rings. The highest BCUT2D eigenvalue weighted by Crippen LogP contribution is 2.34. The van der Waals surface area contributed by atoms with E-state index in [1.807, 2.05) is 0 Å². The number of sulfone groups is 1. The Morgan fingerprint density at radius 2 is 2.29 bits per heavy atom. The van der Waals surface area contributed by atoms with Crippen LogP contribution in [-0.4, -0.2) is 38.0 Å². The van der Waals surface area contributed by atoms with Crippen LogP contribution in [0.25, 0.3) is 0 Å². The predicted octanol–water partition coefficient (Wildman–Crippen LogP) is 0.414. The number of methoxy groups -OCH3 is 1. The third-order valence-electron chi connectivity index (χ3n) is 2.63. The van der Waals surface area contributed by atoms with Crippen molar-refractivity contribution in [2.24, 2.45) is 0 Å². The monoisotopic (exact) mass is 276 g/mol. The van der Waals surface area contributed by atoms with Crippen molar-refractivity contribution in [2.45, 2.75) is 12.3 Å². The number of hydrogen-bond donors (Lipinski definition) is 1. The molecule has 8 heteroatoms. The Morgan fingerprint density at radius 1 is 1.59 bits per heavy atom. The van der Waals surface area contributed by atoms with Gasteiger partial charge in [0.1, 0.15) is 5.00 Å². The summed E-state index contributed by atoms with van der Waals surface area (Å²) in [6.07, 6.45) is 0.538. The van der Waals surface area contributed by atoms with E-state index in [0.717, 1.165) is 11.3 Å². The van der Waals surface area contributed by atoms with Gasteiger partial charge in [0.05, 0.1) is 23.6 Å². The van der Waals surface area contributed by atoms with Crippen LogP contribution in [-0.2, 0) is 14.6 Å². The second kappa shape index (κ2) is 4.26. The first-order valence-corrected chi connectivity index (χ1v) is 7.61. The summed E-state index contributed by atoms with van der Waals surface area (Å²) in [7, 11) is -1.71. The molecule has 94 valence electrons. The van der Waals surface area contributed by atoms with Gasteiger partial charge in [-0.3, -0.25) is 0 Å². The molecule has 0 saturated carbocycles. The number of carbonyl (C=O) groups excluding carboxylic acids is 1. The van der Waals surface area contributed by atoms with Crippen LogP contribution >= 0.6 is 11.3 Å². The molecule has 1 unspecified atom stereocenters. The van der Waals surface area contributed by atoms with Gasteiger partial charge in [0, 0.05) is 5.92 Å². The topological polar surface area (TPSA) is 99.3 Å². The average molecular weight is 276 g/mol. The van der Waals surface area contributed by atoms with Gasteiger partial charge in [-0.1, -0.05) is 0 Å². The summed E-state index contributed by atoms with van der Waals surface area (Å²) >= 11 is 1.16. The van der Waals surface area contributed by atoms with E-state index in [1.54, 1.807) is 0 Å². The molecular weight excluding hydrogens is 264 g/mol. The lowest BCUT2D eigenvalue weighted by molar-refractivity contribution is 0.0596. The summed E-state index contributed by atoms with van der Waals surface area (Å²) in [5.41, 5.74) is 5.74. The fourth-order valence-corrected chi connectivity index (χ4v) is 4.57. The van der Waals surface area contributed by atoms with Gasteiger partial charge >= 0.3 is 5.97 Å². The van der Waals surface area contributed by atoms with Crippen LogP contribution < -0.4 is 5.73 Å². The normalized spacial score (nSPS) is 22.5. The smallest absolute Gasteiger partial charge is 0.359 e. The van der Waals surface area contributed by atoms with Crippen molar-refractivity contribution in [3.8, 4) is 0 Å². The van der Waals surface area contributed by atoms with E-state index in [1.165, 1.54) is 7.11 Å².